The average molecular weight is 191 g/mol. The van der Waals surface area contributed by atoms with Gasteiger partial charge in [-0.15, -0.1) is 11.6 Å². The van der Waals surface area contributed by atoms with Crippen LogP contribution in [-0.2, 0) is 0 Å². The van der Waals surface area contributed by atoms with Crippen molar-refractivity contribution < 1.29 is 5.11 Å². The fraction of sp³-hybridized carbons (Fsp3) is 1.00. The highest BCUT2D eigenvalue weighted by atomic mass is 35.5. The highest BCUT2D eigenvalue weighted by Crippen LogP contribution is 2.32. The largest absolute Gasteiger partial charge is 0.396 e. The van der Waals surface area contributed by atoms with Gasteiger partial charge in [0.05, 0.1) is 5.38 Å². The lowest BCUT2D eigenvalue weighted by molar-refractivity contribution is 0.280. The van der Waals surface area contributed by atoms with Gasteiger partial charge in [-0.3, -0.25) is 0 Å². The van der Waals surface area contributed by atoms with E-state index in [1.54, 1.807) is 6.92 Å². The quantitative estimate of drug-likeness (QED) is 0.678. The normalized spacial score (nSPS) is 15.7. The van der Waals surface area contributed by atoms with Crippen LogP contribution in [0.25, 0.3) is 0 Å². The van der Waals surface area contributed by atoms with Crippen LogP contribution in [0.3, 0.4) is 0 Å². The maximum Gasteiger partial charge on any atom is 0.136 e. The molecule has 0 fully saturated rings. The van der Waals surface area contributed by atoms with E-state index in [9.17, 15) is 0 Å². The summed E-state index contributed by atoms with van der Waals surface area (Å²) in [5.41, 5.74) is 0. The molecule has 1 nitrogen and oxygen atoms in total. The van der Waals surface area contributed by atoms with Crippen molar-refractivity contribution in [2.24, 2.45) is 0 Å². The van der Waals surface area contributed by atoms with E-state index in [-0.39, 0.29) is 12.0 Å². The molecular weight excluding hydrogens is 182 g/mol. The van der Waals surface area contributed by atoms with E-state index < -0.39 is 4.33 Å². The molecule has 0 aromatic rings. The number of alkyl halides is 3. The number of rotatable bonds is 3. The summed E-state index contributed by atoms with van der Waals surface area (Å²) in [4.78, 5) is 0. The summed E-state index contributed by atoms with van der Waals surface area (Å²) in [5, 5.41) is 8.08. The van der Waals surface area contributed by atoms with Gasteiger partial charge in [-0.2, -0.15) is 0 Å². The summed E-state index contributed by atoms with van der Waals surface area (Å²) in [6.45, 7) is 1.65. The van der Waals surface area contributed by atoms with Crippen LogP contribution in [0.15, 0.2) is 0 Å². The van der Waals surface area contributed by atoms with E-state index in [0.29, 0.717) is 6.42 Å². The zero-order chi connectivity index (χ0) is 7.49. The van der Waals surface area contributed by atoms with Crippen molar-refractivity contribution in [1.29, 1.82) is 0 Å². The molecule has 0 aliphatic carbocycles. The van der Waals surface area contributed by atoms with E-state index in [1.165, 1.54) is 0 Å². The zero-order valence-corrected chi connectivity index (χ0v) is 7.34. The molecule has 1 atom stereocenters. The number of aliphatic hydroxyl groups excluding tert-OH is 1. The lowest BCUT2D eigenvalue weighted by Gasteiger charge is -2.20. The molecule has 0 spiro atoms. The van der Waals surface area contributed by atoms with Crippen molar-refractivity contribution in [3.63, 3.8) is 0 Å². The van der Waals surface area contributed by atoms with Gasteiger partial charge in [-0.25, -0.2) is 0 Å². The number of hydrogen-bond donors (Lipinski definition) is 1. The summed E-state index contributed by atoms with van der Waals surface area (Å²) in [6, 6.07) is 0. The summed E-state index contributed by atoms with van der Waals surface area (Å²) < 4.78 is -0.990. The van der Waals surface area contributed by atoms with E-state index in [4.69, 9.17) is 39.9 Å². The first kappa shape index (κ1) is 9.83. The fourth-order valence-corrected chi connectivity index (χ4v) is 0.626. The summed E-state index contributed by atoms with van der Waals surface area (Å²) in [6.07, 6.45) is 0.306. The lowest BCUT2D eigenvalue weighted by atomic mass is 10.2. The topological polar surface area (TPSA) is 20.2 Å². The van der Waals surface area contributed by atoms with Crippen LogP contribution in [0.4, 0.5) is 0 Å². The third kappa shape index (κ3) is 3.51. The second kappa shape index (κ2) is 3.87. The molecule has 1 N–H and O–H groups in total. The minimum atomic E-state index is -0.990. The fourth-order valence-electron chi connectivity index (χ4n) is 0.348. The first-order valence-electron chi connectivity index (χ1n) is 2.63. The minimum Gasteiger partial charge on any atom is -0.396 e. The molecule has 56 valence electrons. The first-order chi connectivity index (χ1) is 4.00. The second-order valence-corrected chi connectivity index (χ2v) is 4.05. The molecule has 1 unspecified atom stereocenters. The van der Waals surface area contributed by atoms with Gasteiger partial charge in [0.1, 0.15) is 4.33 Å². The maximum atomic E-state index is 8.42. The van der Waals surface area contributed by atoms with Gasteiger partial charge in [0.25, 0.3) is 0 Å². The Labute approximate surface area is 69.9 Å². The summed E-state index contributed by atoms with van der Waals surface area (Å²) in [7, 11) is 0. The van der Waals surface area contributed by atoms with E-state index in [1.807, 2.05) is 0 Å². The Hall–Kier alpha value is 0.830. The molecule has 0 heterocycles. The molecule has 0 rings (SSSR count). The second-order valence-electron chi connectivity index (χ2n) is 1.85. The Balaban J connectivity index is 3.70. The van der Waals surface area contributed by atoms with E-state index >= 15 is 0 Å². The Morgan fingerprint density at radius 3 is 2.11 bits per heavy atom. The van der Waals surface area contributed by atoms with Gasteiger partial charge in [-0.1, -0.05) is 23.2 Å². The van der Waals surface area contributed by atoms with Gasteiger partial charge in [0.15, 0.2) is 0 Å². The average Bonchev–Trinajstić information content (AvgIpc) is 1.65. The Morgan fingerprint density at radius 2 is 2.00 bits per heavy atom. The molecule has 0 amide bonds. The van der Waals surface area contributed by atoms with Gasteiger partial charge in [-0.05, 0) is 6.92 Å². The molecule has 0 saturated carbocycles. The minimum absolute atomic E-state index is 0.0376. The highest BCUT2D eigenvalue weighted by Gasteiger charge is 2.28. The molecule has 0 radical (unpaired) electrons. The maximum absolute atomic E-state index is 8.42. The molecule has 9 heavy (non-hydrogen) atoms. The predicted molar refractivity (Wildman–Crippen MR) is 41.5 cm³/mol. The van der Waals surface area contributed by atoms with E-state index in [0.717, 1.165) is 0 Å². The van der Waals surface area contributed by atoms with Gasteiger partial charge in [0, 0.05) is 13.0 Å². The van der Waals surface area contributed by atoms with Crippen molar-refractivity contribution in [1.82, 2.24) is 0 Å². The lowest BCUT2D eigenvalue weighted by Crippen LogP contribution is -2.24. The molecule has 0 aromatic heterocycles. The predicted octanol–water partition coefficient (Wildman–Crippen LogP) is 2.17. The van der Waals surface area contributed by atoms with E-state index in [2.05, 4.69) is 0 Å². The van der Waals surface area contributed by atoms with Gasteiger partial charge >= 0.3 is 0 Å². The van der Waals surface area contributed by atoms with Gasteiger partial charge < -0.3 is 5.11 Å². The zero-order valence-electron chi connectivity index (χ0n) is 5.07. The summed E-state index contributed by atoms with van der Waals surface area (Å²) in [5.74, 6) is 0. The van der Waals surface area contributed by atoms with Crippen molar-refractivity contribution >= 4 is 34.8 Å². The van der Waals surface area contributed by atoms with Crippen LogP contribution in [0, 0.1) is 0 Å². The number of hydrogen-bond acceptors (Lipinski definition) is 1. The molecule has 0 saturated heterocycles. The molecule has 0 bridgehead atoms. The standard InChI is InChI=1S/C5H9Cl3O/c1-4(6)5(7,8)2-3-9/h4,9H,2-3H2,1H3. The first-order valence-corrected chi connectivity index (χ1v) is 3.82. The van der Waals surface area contributed by atoms with Crippen molar-refractivity contribution in [3.05, 3.63) is 0 Å². The Kier molecular flexibility index (Phi) is 4.22. The molecule has 0 aromatic carbocycles. The van der Waals surface area contributed by atoms with Crippen LogP contribution >= 0.6 is 34.8 Å². The Bertz CT molecular complexity index is 82.3. The van der Waals surface area contributed by atoms with Crippen LogP contribution in [0.5, 0.6) is 0 Å². The molecular formula is C5H9Cl3O. The Morgan fingerprint density at radius 1 is 1.56 bits per heavy atom. The van der Waals surface area contributed by atoms with Gasteiger partial charge in [0.2, 0.25) is 0 Å². The SMILES string of the molecule is CC(Cl)C(Cl)(Cl)CCO. The third-order valence-electron chi connectivity index (χ3n) is 1.03. The van der Waals surface area contributed by atoms with Crippen molar-refractivity contribution in [2.45, 2.75) is 23.1 Å². The van der Waals surface area contributed by atoms with Crippen molar-refractivity contribution in [3.8, 4) is 0 Å². The van der Waals surface area contributed by atoms with Crippen LogP contribution in [0.2, 0.25) is 0 Å². The van der Waals surface area contributed by atoms with Crippen LogP contribution < -0.4 is 0 Å². The monoisotopic (exact) mass is 190 g/mol. The smallest absolute Gasteiger partial charge is 0.136 e. The van der Waals surface area contributed by atoms with Crippen molar-refractivity contribution in [2.75, 3.05) is 6.61 Å². The molecule has 0 aliphatic heterocycles. The van der Waals surface area contributed by atoms with Crippen LogP contribution in [-0.4, -0.2) is 21.4 Å². The molecule has 0 aliphatic rings. The highest BCUT2D eigenvalue weighted by molar-refractivity contribution is 6.52. The number of aliphatic hydroxyl groups is 1. The molecule has 4 heteroatoms. The van der Waals surface area contributed by atoms with Crippen LogP contribution in [0.1, 0.15) is 13.3 Å². The number of halogens is 3. The summed E-state index contributed by atoms with van der Waals surface area (Å²) >= 11 is 16.9. The third-order valence-corrected chi connectivity index (χ3v) is 2.66.